The Morgan fingerprint density at radius 3 is 2.67 bits per heavy atom. The molecule has 1 aromatic rings. The smallest absolute Gasteiger partial charge is 0.303 e. The second-order valence-electron chi connectivity index (χ2n) is 2.79. The fraction of sp³-hybridized carbons (Fsp3) is 0.500. The number of aliphatic carboxylic acids is 1. The average molecular weight is 168 g/mol. The van der Waals surface area contributed by atoms with Crippen molar-refractivity contribution in [3.8, 4) is 0 Å². The van der Waals surface area contributed by atoms with E-state index in [9.17, 15) is 4.79 Å². The second kappa shape index (κ2) is 3.38. The topological polar surface area (TPSA) is 66.0 Å². The van der Waals surface area contributed by atoms with Gasteiger partial charge < -0.3 is 10.1 Å². The first-order chi connectivity index (χ1) is 5.59. The summed E-state index contributed by atoms with van der Waals surface area (Å²) < 4.78 is 0. The number of nitrogens with one attached hydrogen (secondary N) is 1. The monoisotopic (exact) mass is 168 g/mol. The Morgan fingerprint density at radius 1 is 1.58 bits per heavy atom. The van der Waals surface area contributed by atoms with Crippen LogP contribution < -0.4 is 0 Å². The van der Waals surface area contributed by atoms with E-state index < -0.39 is 5.97 Å². The van der Waals surface area contributed by atoms with E-state index in [0.717, 1.165) is 17.2 Å². The van der Waals surface area contributed by atoms with Crippen LogP contribution in [-0.2, 0) is 11.2 Å². The molecule has 0 fully saturated rings. The predicted molar refractivity (Wildman–Crippen MR) is 44.0 cm³/mol. The summed E-state index contributed by atoms with van der Waals surface area (Å²) >= 11 is 0. The molecule has 0 aliphatic carbocycles. The van der Waals surface area contributed by atoms with Crippen molar-refractivity contribution >= 4 is 5.97 Å². The molecule has 4 nitrogen and oxygen atoms in total. The van der Waals surface area contributed by atoms with Crippen molar-refractivity contribution in [3.63, 3.8) is 0 Å². The van der Waals surface area contributed by atoms with E-state index in [2.05, 4.69) is 9.97 Å². The van der Waals surface area contributed by atoms with Crippen molar-refractivity contribution in [3.05, 3.63) is 17.2 Å². The van der Waals surface area contributed by atoms with E-state index in [1.165, 1.54) is 0 Å². The normalized spacial score (nSPS) is 10.2. The Morgan fingerprint density at radius 2 is 2.25 bits per heavy atom. The molecule has 66 valence electrons. The van der Waals surface area contributed by atoms with Gasteiger partial charge in [-0.3, -0.25) is 4.79 Å². The zero-order chi connectivity index (χ0) is 9.14. The van der Waals surface area contributed by atoms with Gasteiger partial charge in [-0.15, -0.1) is 0 Å². The first-order valence-electron chi connectivity index (χ1n) is 3.83. The Bertz CT molecular complexity index is 272. The number of carboxylic acids is 1. The van der Waals surface area contributed by atoms with Gasteiger partial charge in [0.05, 0.1) is 12.1 Å². The van der Waals surface area contributed by atoms with Crippen LogP contribution in [0, 0.1) is 13.8 Å². The fourth-order valence-electron chi connectivity index (χ4n) is 0.965. The minimum Gasteiger partial charge on any atom is -0.481 e. The third-order valence-electron chi connectivity index (χ3n) is 1.75. The van der Waals surface area contributed by atoms with Crippen LogP contribution >= 0.6 is 0 Å². The van der Waals surface area contributed by atoms with Gasteiger partial charge in [0.2, 0.25) is 0 Å². The molecule has 0 bridgehead atoms. The number of aromatic nitrogens is 2. The van der Waals surface area contributed by atoms with Crippen molar-refractivity contribution in [1.82, 2.24) is 9.97 Å². The highest BCUT2D eigenvalue weighted by atomic mass is 16.4. The van der Waals surface area contributed by atoms with Crippen LogP contribution in [0.1, 0.15) is 23.6 Å². The van der Waals surface area contributed by atoms with Gasteiger partial charge in [0.25, 0.3) is 0 Å². The predicted octanol–water partition coefficient (Wildman–Crippen LogP) is 1.04. The summed E-state index contributed by atoms with van der Waals surface area (Å²) in [4.78, 5) is 17.4. The number of nitrogens with zero attached hydrogens (tertiary/aromatic N) is 1. The molecule has 0 saturated carbocycles. The van der Waals surface area contributed by atoms with Crippen LogP contribution in [0.3, 0.4) is 0 Å². The summed E-state index contributed by atoms with van der Waals surface area (Å²) in [6.07, 6.45) is 0.608. The van der Waals surface area contributed by atoms with E-state index in [4.69, 9.17) is 5.11 Å². The molecule has 1 heterocycles. The summed E-state index contributed by atoms with van der Waals surface area (Å²) in [6.45, 7) is 3.82. The Kier molecular flexibility index (Phi) is 2.47. The molecule has 0 amide bonds. The zero-order valence-corrected chi connectivity index (χ0v) is 7.22. The third kappa shape index (κ3) is 2.08. The number of carbonyl (C=O) groups is 1. The van der Waals surface area contributed by atoms with E-state index in [0.29, 0.717) is 6.42 Å². The Balaban J connectivity index is 2.58. The Hall–Kier alpha value is -1.32. The van der Waals surface area contributed by atoms with Gasteiger partial charge in [0, 0.05) is 12.1 Å². The molecule has 12 heavy (non-hydrogen) atoms. The molecule has 4 heteroatoms. The minimum absolute atomic E-state index is 0.131. The SMILES string of the molecule is Cc1nc(CCC(=O)O)[nH]c1C. The Labute approximate surface area is 70.6 Å². The number of rotatable bonds is 3. The molecule has 0 aromatic carbocycles. The zero-order valence-electron chi connectivity index (χ0n) is 7.22. The van der Waals surface area contributed by atoms with Crippen molar-refractivity contribution < 1.29 is 9.90 Å². The standard InChI is InChI=1S/C8H12N2O2/c1-5-6(2)10-7(9-5)3-4-8(11)12/h3-4H2,1-2H3,(H,9,10)(H,11,12). The number of aromatic amines is 1. The highest BCUT2D eigenvalue weighted by Crippen LogP contribution is 2.04. The van der Waals surface area contributed by atoms with Crippen molar-refractivity contribution in [2.24, 2.45) is 0 Å². The fourth-order valence-corrected chi connectivity index (χ4v) is 0.965. The molecule has 0 spiro atoms. The van der Waals surface area contributed by atoms with Crippen LogP contribution in [0.2, 0.25) is 0 Å². The number of aryl methyl sites for hydroxylation is 3. The van der Waals surface area contributed by atoms with E-state index in [-0.39, 0.29) is 6.42 Å². The van der Waals surface area contributed by atoms with Gasteiger partial charge in [0.1, 0.15) is 5.82 Å². The van der Waals surface area contributed by atoms with Crippen LogP contribution in [0.5, 0.6) is 0 Å². The van der Waals surface area contributed by atoms with E-state index >= 15 is 0 Å². The molecular weight excluding hydrogens is 156 g/mol. The van der Waals surface area contributed by atoms with Crippen molar-refractivity contribution in [1.29, 1.82) is 0 Å². The highest BCUT2D eigenvalue weighted by Gasteiger charge is 2.04. The maximum Gasteiger partial charge on any atom is 0.303 e. The first-order valence-corrected chi connectivity index (χ1v) is 3.83. The van der Waals surface area contributed by atoms with Gasteiger partial charge in [-0.2, -0.15) is 0 Å². The van der Waals surface area contributed by atoms with Crippen LogP contribution in [0.25, 0.3) is 0 Å². The average Bonchev–Trinajstić information content (AvgIpc) is 2.28. The van der Waals surface area contributed by atoms with Gasteiger partial charge in [-0.05, 0) is 13.8 Å². The molecule has 0 aliphatic heterocycles. The lowest BCUT2D eigenvalue weighted by atomic mass is 10.3. The van der Waals surface area contributed by atoms with Crippen LogP contribution in [0.15, 0.2) is 0 Å². The van der Waals surface area contributed by atoms with E-state index in [1.54, 1.807) is 0 Å². The summed E-state index contributed by atoms with van der Waals surface area (Å²) in [5.74, 6) is -0.0332. The molecule has 0 saturated heterocycles. The molecule has 1 aromatic heterocycles. The maximum atomic E-state index is 10.2. The summed E-state index contributed by atoms with van der Waals surface area (Å²) in [7, 11) is 0. The van der Waals surface area contributed by atoms with Crippen LogP contribution in [-0.4, -0.2) is 21.0 Å². The van der Waals surface area contributed by atoms with E-state index in [1.807, 2.05) is 13.8 Å². The van der Waals surface area contributed by atoms with Gasteiger partial charge in [-0.25, -0.2) is 4.98 Å². The second-order valence-corrected chi connectivity index (χ2v) is 2.79. The van der Waals surface area contributed by atoms with Crippen molar-refractivity contribution in [2.45, 2.75) is 26.7 Å². The lowest BCUT2D eigenvalue weighted by Gasteiger charge is -1.90. The van der Waals surface area contributed by atoms with Crippen LogP contribution in [0.4, 0.5) is 0 Å². The number of hydrogen-bond acceptors (Lipinski definition) is 2. The molecule has 0 unspecified atom stereocenters. The minimum atomic E-state index is -0.790. The van der Waals surface area contributed by atoms with Gasteiger partial charge in [-0.1, -0.05) is 0 Å². The molecule has 0 radical (unpaired) electrons. The summed E-state index contributed by atoms with van der Waals surface area (Å²) in [5.41, 5.74) is 1.95. The number of H-pyrrole nitrogens is 1. The molecule has 2 N–H and O–H groups in total. The third-order valence-corrected chi connectivity index (χ3v) is 1.75. The lowest BCUT2D eigenvalue weighted by Crippen LogP contribution is -1.98. The van der Waals surface area contributed by atoms with Gasteiger partial charge in [0.15, 0.2) is 0 Å². The molecule has 1 rings (SSSR count). The quantitative estimate of drug-likeness (QED) is 0.708. The lowest BCUT2D eigenvalue weighted by molar-refractivity contribution is -0.137. The van der Waals surface area contributed by atoms with Gasteiger partial charge >= 0.3 is 5.97 Å². The highest BCUT2D eigenvalue weighted by molar-refractivity contribution is 5.66. The number of hydrogen-bond donors (Lipinski definition) is 2. The first kappa shape index (κ1) is 8.77. The molecule has 0 aliphatic rings. The summed E-state index contributed by atoms with van der Waals surface area (Å²) in [6, 6.07) is 0. The largest absolute Gasteiger partial charge is 0.481 e. The number of imidazole rings is 1. The molecular formula is C8H12N2O2. The number of carboxylic acid groups (broad SMARTS) is 1. The maximum absolute atomic E-state index is 10.2. The summed E-state index contributed by atoms with van der Waals surface area (Å²) in [5, 5.41) is 8.41. The molecule has 0 atom stereocenters. The van der Waals surface area contributed by atoms with Crippen molar-refractivity contribution in [2.75, 3.05) is 0 Å².